The minimum absolute atomic E-state index is 0.00892. The first kappa shape index (κ1) is 23.8. The monoisotopic (exact) mass is 496 g/mol. The van der Waals surface area contributed by atoms with Gasteiger partial charge < -0.3 is 19.3 Å². The van der Waals surface area contributed by atoms with Crippen LogP contribution in [0.4, 0.5) is 14.6 Å². The van der Waals surface area contributed by atoms with Gasteiger partial charge in [-0.2, -0.15) is 4.98 Å². The second-order valence-electron chi connectivity index (χ2n) is 8.78. The number of carbonyl (C=O) groups excluding carboxylic acids is 1. The van der Waals surface area contributed by atoms with Crippen LogP contribution in [0.2, 0.25) is 0 Å². The minimum Gasteiger partial charge on any atom is -0.487 e. The molecule has 0 unspecified atom stereocenters. The van der Waals surface area contributed by atoms with Crippen molar-refractivity contribution in [1.82, 2.24) is 24.8 Å². The summed E-state index contributed by atoms with van der Waals surface area (Å²) in [7, 11) is 1.53. The lowest BCUT2D eigenvalue weighted by Gasteiger charge is -2.35. The van der Waals surface area contributed by atoms with Gasteiger partial charge in [0, 0.05) is 64.2 Å². The Hall–Kier alpha value is -3.89. The van der Waals surface area contributed by atoms with Crippen molar-refractivity contribution in [3.63, 3.8) is 0 Å². The van der Waals surface area contributed by atoms with E-state index in [-0.39, 0.29) is 17.8 Å². The third-order valence-corrected chi connectivity index (χ3v) is 6.42. The van der Waals surface area contributed by atoms with E-state index in [4.69, 9.17) is 19.4 Å². The van der Waals surface area contributed by atoms with Crippen LogP contribution in [0.3, 0.4) is 0 Å². The van der Waals surface area contributed by atoms with Crippen LogP contribution in [0.5, 0.6) is 11.6 Å². The summed E-state index contributed by atoms with van der Waals surface area (Å²) < 4.78 is 38.4. The van der Waals surface area contributed by atoms with E-state index in [1.54, 1.807) is 24.1 Å². The summed E-state index contributed by atoms with van der Waals surface area (Å²) in [6, 6.07) is 4.98. The summed E-state index contributed by atoms with van der Waals surface area (Å²) in [5, 5.41) is 0. The maximum absolute atomic E-state index is 14.0. The molecule has 11 heteroatoms. The molecule has 36 heavy (non-hydrogen) atoms. The van der Waals surface area contributed by atoms with Crippen molar-refractivity contribution in [2.75, 3.05) is 31.6 Å². The van der Waals surface area contributed by atoms with Crippen LogP contribution >= 0.6 is 0 Å². The first-order valence-corrected chi connectivity index (χ1v) is 11.8. The molecular weight excluding hydrogens is 470 g/mol. The summed E-state index contributed by atoms with van der Waals surface area (Å²) in [6.07, 6.45) is 3.23. The van der Waals surface area contributed by atoms with Crippen LogP contribution in [-0.2, 0) is 17.8 Å². The van der Waals surface area contributed by atoms with Crippen LogP contribution in [-0.4, -0.2) is 63.6 Å². The fourth-order valence-electron chi connectivity index (χ4n) is 4.47. The zero-order chi connectivity index (χ0) is 25.2. The molecule has 0 N–H and O–H groups in total. The number of methoxy groups -OCH3 is 1. The normalized spacial score (nSPS) is 16.0. The summed E-state index contributed by atoms with van der Waals surface area (Å²) >= 11 is 0. The van der Waals surface area contributed by atoms with Crippen LogP contribution in [0.25, 0.3) is 11.5 Å². The Morgan fingerprint density at radius 1 is 1.06 bits per heavy atom. The highest BCUT2D eigenvalue weighted by molar-refractivity contribution is 5.74. The zero-order valence-electron chi connectivity index (χ0n) is 20.1. The fraction of sp³-hybridized carbons (Fsp3) is 0.400. The van der Waals surface area contributed by atoms with E-state index in [1.165, 1.54) is 19.2 Å². The van der Waals surface area contributed by atoms with E-state index >= 15 is 0 Å². The third-order valence-electron chi connectivity index (χ3n) is 6.42. The molecule has 9 nitrogen and oxygen atoms in total. The first-order chi connectivity index (χ1) is 17.4. The van der Waals surface area contributed by atoms with Crippen LogP contribution in [0.15, 0.2) is 30.5 Å². The van der Waals surface area contributed by atoms with Crippen LogP contribution in [0, 0.1) is 11.6 Å². The Morgan fingerprint density at radius 3 is 2.58 bits per heavy atom. The van der Waals surface area contributed by atoms with Gasteiger partial charge >= 0.3 is 0 Å². The van der Waals surface area contributed by atoms with E-state index < -0.39 is 11.6 Å². The van der Waals surface area contributed by atoms with Crippen LogP contribution < -0.4 is 14.4 Å². The number of halogens is 2. The molecule has 2 aliphatic heterocycles. The average Bonchev–Trinajstić information content (AvgIpc) is 2.89. The quantitative estimate of drug-likeness (QED) is 0.532. The number of rotatable bonds is 5. The Morgan fingerprint density at radius 2 is 1.86 bits per heavy atom. The van der Waals surface area contributed by atoms with Gasteiger partial charge in [0.05, 0.1) is 25.0 Å². The fourth-order valence-corrected chi connectivity index (χ4v) is 4.47. The van der Waals surface area contributed by atoms with Crippen molar-refractivity contribution in [1.29, 1.82) is 0 Å². The predicted octanol–water partition coefficient (Wildman–Crippen LogP) is 3.17. The largest absolute Gasteiger partial charge is 0.487 e. The second-order valence-corrected chi connectivity index (χ2v) is 8.78. The number of piperidine rings is 1. The van der Waals surface area contributed by atoms with Gasteiger partial charge in [0.2, 0.25) is 11.8 Å². The third kappa shape index (κ3) is 4.91. The molecule has 0 atom stereocenters. The molecular formula is C25H26F2N6O3. The molecule has 5 rings (SSSR count). The molecule has 0 saturated carbocycles. The number of carbonyl (C=O) groups is 1. The Kier molecular flexibility index (Phi) is 6.62. The van der Waals surface area contributed by atoms with Gasteiger partial charge in [-0.3, -0.25) is 4.79 Å². The van der Waals surface area contributed by atoms with E-state index in [1.807, 2.05) is 0 Å². The van der Waals surface area contributed by atoms with Crippen molar-refractivity contribution in [3.05, 3.63) is 53.5 Å². The maximum Gasteiger partial charge on any atom is 0.219 e. The zero-order valence-corrected chi connectivity index (χ0v) is 20.1. The first-order valence-electron chi connectivity index (χ1n) is 11.8. The molecule has 1 saturated heterocycles. The number of fused-ring (bicyclic) bond motifs is 1. The van der Waals surface area contributed by atoms with Gasteiger partial charge in [-0.15, -0.1) is 0 Å². The van der Waals surface area contributed by atoms with Crippen molar-refractivity contribution in [2.45, 2.75) is 38.8 Å². The van der Waals surface area contributed by atoms with Crippen molar-refractivity contribution >= 4 is 11.7 Å². The number of nitrogens with zero attached hydrogens (tertiary/aromatic N) is 6. The lowest BCUT2D eigenvalue weighted by molar-refractivity contribution is -0.129. The highest BCUT2D eigenvalue weighted by Crippen LogP contribution is 2.32. The predicted molar refractivity (Wildman–Crippen MR) is 127 cm³/mol. The smallest absolute Gasteiger partial charge is 0.219 e. The molecule has 1 amide bonds. The highest BCUT2D eigenvalue weighted by Gasteiger charge is 2.29. The number of benzene rings is 1. The molecule has 4 heterocycles. The Balaban J connectivity index is 1.41. The van der Waals surface area contributed by atoms with E-state index in [2.05, 4.69) is 14.9 Å². The molecule has 0 radical (unpaired) electrons. The summed E-state index contributed by atoms with van der Waals surface area (Å²) in [5.41, 5.74) is 2.09. The number of hydrogen-bond acceptors (Lipinski definition) is 8. The number of ether oxygens (including phenoxy) is 2. The summed E-state index contributed by atoms with van der Waals surface area (Å²) in [5.74, 6) is 0.129. The van der Waals surface area contributed by atoms with E-state index in [9.17, 15) is 13.6 Å². The standard InChI is InChI=1S/C25H26F2N6O3/c1-15(34)33-12-8-19-20(14-33)29-23(24-28-9-5-22(31-24)35-2)25(30-19)32-10-6-17(7-11-32)36-21-4-3-16(26)13-18(21)27/h3-5,9,13,17H,6-8,10-12,14H2,1-2H3. The molecule has 2 aromatic heterocycles. The Bertz CT molecular complexity index is 1280. The van der Waals surface area contributed by atoms with Crippen molar-refractivity contribution in [2.24, 2.45) is 0 Å². The van der Waals surface area contributed by atoms with Gasteiger partial charge in [-0.05, 0) is 12.1 Å². The lowest BCUT2D eigenvalue weighted by Crippen LogP contribution is -2.40. The minimum atomic E-state index is -0.713. The number of aromatic nitrogens is 4. The molecule has 0 spiro atoms. The SMILES string of the molecule is COc1ccnc(-c2nc3c(nc2N2CCC(Oc4ccc(F)cc4F)CC2)CCN(C(C)=O)C3)n1. The van der Waals surface area contributed by atoms with Gasteiger partial charge in [0.15, 0.2) is 28.9 Å². The molecule has 1 fully saturated rings. The topological polar surface area (TPSA) is 93.6 Å². The molecule has 3 aromatic rings. The molecule has 188 valence electrons. The summed E-state index contributed by atoms with van der Waals surface area (Å²) in [6.45, 7) is 3.70. The van der Waals surface area contributed by atoms with Gasteiger partial charge in [-0.25, -0.2) is 23.7 Å². The number of amides is 1. The van der Waals surface area contributed by atoms with Crippen LogP contribution in [0.1, 0.15) is 31.2 Å². The van der Waals surface area contributed by atoms with E-state index in [0.29, 0.717) is 68.7 Å². The van der Waals surface area contributed by atoms with Crippen molar-refractivity contribution in [3.8, 4) is 23.1 Å². The van der Waals surface area contributed by atoms with Gasteiger partial charge in [0.25, 0.3) is 0 Å². The maximum atomic E-state index is 14.0. The molecule has 1 aromatic carbocycles. The van der Waals surface area contributed by atoms with Gasteiger partial charge in [-0.1, -0.05) is 0 Å². The molecule has 0 bridgehead atoms. The number of anilines is 1. The average molecular weight is 497 g/mol. The van der Waals surface area contributed by atoms with Crippen molar-refractivity contribution < 1.29 is 23.0 Å². The molecule has 0 aliphatic carbocycles. The Labute approximate surface area is 207 Å². The van der Waals surface area contributed by atoms with E-state index in [0.717, 1.165) is 17.5 Å². The number of hydrogen-bond donors (Lipinski definition) is 0. The summed E-state index contributed by atoms with van der Waals surface area (Å²) in [4.78, 5) is 34.5. The molecule has 2 aliphatic rings. The second kappa shape index (κ2) is 10.00. The highest BCUT2D eigenvalue weighted by atomic mass is 19.1. The lowest BCUT2D eigenvalue weighted by atomic mass is 10.1. The van der Waals surface area contributed by atoms with Gasteiger partial charge in [0.1, 0.15) is 11.9 Å².